The first-order valence-corrected chi connectivity index (χ1v) is 10.7. The Balaban J connectivity index is 1.45. The third kappa shape index (κ3) is 5.71. The molecule has 1 fully saturated rings. The zero-order valence-electron chi connectivity index (χ0n) is 17.5. The molecular weight excluding hydrogens is 348 g/mol. The summed E-state index contributed by atoms with van der Waals surface area (Å²) in [5, 5.41) is 5.36. The average Bonchev–Trinajstić information content (AvgIpc) is 2.68. The topological polar surface area (TPSA) is 41.6 Å². The highest BCUT2D eigenvalue weighted by atomic mass is 16.5. The number of rotatable bonds is 8. The minimum absolute atomic E-state index is 0.0176. The van der Waals surface area contributed by atoms with Gasteiger partial charge in [-0.25, -0.2) is 0 Å². The Kier molecular flexibility index (Phi) is 7.32. The second-order valence-electron chi connectivity index (χ2n) is 8.37. The number of benzene rings is 2. The Bertz CT molecular complexity index is 766. The van der Waals surface area contributed by atoms with Crippen LogP contribution in [0.25, 0.3) is 10.8 Å². The van der Waals surface area contributed by atoms with Gasteiger partial charge in [-0.1, -0.05) is 51.1 Å². The van der Waals surface area contributed by atoms with E-state index in [-0.39, 0.29) is 5.91 Å². The van der Waals surface area contributed by atoms with Crippen molar-refractivity contribution in [2.75, 3.05) is 26.2 Å². The van der Waals surface area contributed by atoms with Crippen LogP contribution in [0.3, 0.4) is 0 Å². The third-order valence-corrected chi connectivity index (χ3v) is 5.56. The van der Waals surface area contributed by atoms with Crippen molar-refractivity contribution in [1.29, 1.82) is 0 Å². The standard InChI is InChI=1S/C24H34N2O2/c1-4-23(28-22-11-10-20-8-5-6-9-21(20)15-22)24(27)25-12-7-13-26-16-18(2)14-19(3)17-26/h5-6,8-11,15,18-19,23H,4,7,12-14,16-17H2,1-3H3,(H,25,27)/t18-,19-,23+/m1/s1. The van der Waals surface area contributed by atoms with Crippen molar-refractivity contribution in [3.8, 4) is 5.75 Å². The second-order valence-corrected chi connectivity index (χ2v) is 8.37. The predicted molar refractivity (Wildman–Crippen MR) is 116 cm³/mol. The highest BCUT2D eigenvalue weighted by Gasteiger charge is 2.22. The molecule has 0 radical (unpaired) electrons. The molecule has 28 heavy (non-hydrogen) atoms. The summed E-state index contributed by atoms with van der Waals surface area (Å²) < 4.78 is 5.99. The lowest BCUT2D eigenvalue weighted by molar-refractivity contribution is -0.128. The molecule has 1 amide bonds. The van der Waals surface area contributed by atoms with Crippen LogP contribution in [-0.4, -0.2) is 43.1 Å². The Morgan fingerprint density at radius 2 is 1.86 bits per heavy atom. The number of piperidine rings is 1. The maximum atomic E-state index is 12.5. The van der Waals surface area contributed by atoms with E-state index in [4.69, 9.17) is 4.74 Å². The van der Waals surface area contributed by atoms with Gasteiger partial charge in [0.2, 0.25) is 0 Å². The quantitative estimate of drug-likeness (QED) is 0.685. The van der Waals surface area contributed by atoms with E-state index in [2.05, 4.69) is 36.2 Å². The number of fused-ring (bicyclic) bond motifs is 1. The lowest BCUT2D eigenvalue weighted by atomic mass is 9.92. The molecule has 1 saturated heterocycles. The van der Waals surface area contributed by atoms with E-state index in [0.717, 1.165) is 35.9 Å². The Hall–Kier alpha value is -2.07. The average molecular weight is 383 g/mol. The summed E-state index contributed by atoms with van der Waals surface area (Å²) in [7, 11) is 0. The summed E-state index contributed by atoms with van der Waals surface area (Å²) >= 11 is 0. The first kappa shape index (κ1) is 20.7. The molecule has 4 heteroatoms. The van der Waals surface area contributed by atoms with E-state index < -0.39 is 6.10 Å². The highest BCUT2D eigenvalue weighted by molar-refractivity contribution is 5.84. The fraction of sp³-hybridized carbons (Fsp3) is 0.542. The van der Waals surface area contributed by atoms with Crippen LogP contribution in [0.15, 0.2) is 42.5 Å². The molecular formula is C24H34N2O2. The molecule has 1 heterocycles. The van der Waals surface area contributed by atoms with Crippen molar-refractivity contribution in [1.82, 2.24) is 10.2 Å². The molecule has 3 atom stereocenters. The number of hydrogen-bond donors (Lipinski definition) is 1. The first-order chi connectivity index (χ1) is 13.5. The molecule has 2 aromatic rings. The van der Waals surface area contributed by atoms with Gasteiger partial charge in [0.1, 0.15) is 5.75 Å². The van der Waals surface area contributed by atoms with Gasteiger partial charge in [0.25, 0.3) is 5.91 Å². The molecule has 0 saturated carbocycles. The number of nitrogens with one attached hydrogen (secondary N) is 1. The van der Waals surface area contributed by atoms with Crippen molar-refractivity contribution >= 4 is 16.7 Å². The largest absolute Gasteiger partial charge is 0.481 e. The van der Waals surface area contributed by atoms with Crippen molar-refractivity contribution < 1.29 is 9.53 Å². The summed E-state index contributed by atoms with van der Waals surface area (Å²) in [6.45, 7) is 10.8. The zero-order valence-corrected chi connectivity index (χ0v) is 17.5. The number of hydrogen-bond acceptors (Lipinski definition) is 3. The van der Waals surface area contributed by atoms with Crippen molar-refractivity contribution in [3.05, 3.63) is 42.5 Å². The van der Waals surface area contributed by atoms with E-state index in [9.17, 15) is 4.79 Å². The minimum atomic E-state index is -0.448. The first-order valence-electron chi connectivity index (χ1n) is 10.7. The number of carbonyl (C=O) groups excluding carboxylic acids is 1. The lowest BCUT2D eigenvalue weighted by Crippen LogP contribution is -2.41. The van der Waals surface area contributed by atoms with Crippen molar-refractivity contribution in [2.24, 2.45) is 11.8 Å². The van der Waals surface area contributed by atoms with Crippen LogP contribution in [0.1, 0.15) is 40.0 Å². The minimum Gasteiger partial charge on any atom is -0.481 e. The summed E-state index contributed by atoms with van der Waals surface area (Å²) in [5.74, 6) is 2.28. The molecule has 152 valence electrons. The Labute approximate surface area is 169 Å². The zero-order chi connectivity index (χ0) is 19.9. The fourth-order valence-corrected chi connectivity index (χ4v) is 4.33. The van der Waals surface area contributed by atoms with Gasteiger partial charge >= 0.3 is 0 Å². The Morgan fingerprint density at radius 3 is 2.57 bits per heavy atom. The summed E-state index contributed by atoms with van der Waals surface area (Å²) in [6, 6.07) is 14.2. The molecule has 0 bridgehead atoms. The summed E-state index contributed by atoms with van der Waals surface area (Å²) in [5.41, 5.74) is 0. The van der Waals surface area contributed by atoms with E-state index in [1.165, 1.54) is 24.9 Å². The van der Waals surface area contributed by atoms with Crippen LogP contribution in [0.4, 0.5) is 0 Å². The van der Waals surface area contributed by atoms with Crippen LogP contribution >= 0.6 is 0 Å². The molecule has 1 aliphatic rings. The van der Waals surface area contributed by atoms with Crippen molar-refractivity contribution in [3.63, 3.8) is 0 Å². The van der Waals surface area contributed by atoms with Gasteiger partial charge in [-0.2, -0.15) is 0 Å². The number of likely N-dealkylation sites (tertiary alicyclic amines) is 1. The smallest absolute Gasteiger partial charge is 0.261 e. The molecule has 0 unspecified atom stereocenters. The van der Waals surface area contributed by atoms with Gasteiger partial charge in [0.15, 0.2) is 6.10 Å². The molecule has 3 rings (SSSR count). The molecule has 0 aliphatic carbocycles. The molecule has 4 nitrogen and oxygen atoms in total. The number of nitrogens with zero attached hydrogens (tertiary/aromatic N) is 1. The SMILES string of the molecule is CC[C@H](Oc1ccc2ccccc2c1)C(=O)NCCCN1C[C@H](C)C[C@@H](C)C1. The summed E-state index contributed by atoms with van der Waals surface area (Å²) in [4.78, 5) is 15.1. The second kappa shape index (κ2) is 9.92. The fourth-order valence-electron chi connectivity index (χ4n) is 4.33. The van der Waals surface area contributed by atoms with Crippen molar-refractivity contribution in [2.45, 2.75) is 46.1 Å². The molecule has 1 N–H and O–H groups in total. The van der Waals surface area contributed by atoms with Crippen LogP contribution in [0, 0.1) is 11.8 Å². The molecule has 0 spiro atoms. The van der Waals surface area contributed by atoms with E-state index in [1.54, 1.807) is 0 Å². The van der Waals surface area contributed by atoms with Crippen LogP contribution in [-0.2, 0) is 4.79 Å². The van der Waals surface area contributed by atoms with E-state index in [1.807, 2.05) is 37.3 Å². The van der Waals surface area contributed by atoms with Gasteiger partial charge < -0.3 is 15.0 Å². The molecule has 2 aromatic carbocycles. The van der Waals surface area contributed by atoms with Gasteiger partial charge in [-0.3, -0.25) is 4.79 Å². The van der Waals surface area contributed by atoms with Gasteiger partial charge in [0, 0.05) is 19.6 Å². The Morgan fingerprint density at radius 1 is 1.14 bits per heavy atom. The van der Waals surface area contributed by atoms with Gasteiger partial charge in [0.05, 0.1) is 0 Å². The van der Waals surface area contributed by atoms with Crippen LogP contribution in [0.2, 0.25) is 0 Å². The lowest BCUT2D eigenvalue weighted by Gasteiger charge is -2.35. The van der Waals surface area contributed by atoms with Gasteiger partial charge in [-0.05, 0) is 60.5 Å². The normalized spacial score (nSPS) is 21.4. The third-order valence-electron chi connectivity index (χ3n) is 5.56. The maximum Gasteiger partial charge on any atom is 0.261 e. The van der Waals surface area contributed by atoms with Crippen LogP contribution < -0.4 is 10.1 Å². The maximum absolute atomic E-state index is 12.5. The molecule has 0 aromatic heterocycles. The predicted octanol–water partition coefficient (Wildman–Crippen LogP) is 4.48. The number of carbonyl (C=O) groups is 1. The number of amides is 1. The monoisotopic (exact) mass is 382 g/mol. The number of ether oxygens (including phenoxy) is 1. The highest BCUT2D eigenvalue weighted by Crippen LogP contribution is 2.22. The summed E-state index contributed by atoms with van der Waals surface area (Å²) in [6.07, 6.45) is 2.52. The van der Waals surface area contributed by atoms with E-state index in [0.29, 0.717) is 13.0 Å². The van der Waals surface area contributed by atoms with E-state index >= 15 is 0 Å². The van der Waals surface area contributed by atoms with Gasteiger partial charge in [-0.15, -0.1) is 0 Å². The van der Waals surface area contributed by atoms with Crippen LogP contribution in [0.5, 0.6) is 5.75 Å². The molecule has 1 aliphatic heterocycles.